The number of aryl methyl sites for hydroxylation is 1. The Morgan fingerprint density at radius 2 is 2.07 bits per heavy atom. The molecule has 0 saturated heterocycles. The van der Waals surface area contributed by atoms with Crippen molar-refractivity contribution in [1.29, 1.82) is 0 Å². The molecule has 1 aliphatic rings. The molecule has 3 heterocycles. The van der Waals surface area contributed by atoms with Crippen LogP contribution in [0.1, 0.15) is 25.0 Å². The van der Waals surface area contributed by atoms with Crippen LogP contribution in [0, 0.1) is 12.8 Å². The van der Waals surface area contributed by atoms with Crippen LogP contribution in [0.25, 0.3) is 22.7 Å². The van der Waals surface area contributed by atoms with E-state index >= 15 is 0 Å². The molecule has 3 N–H and O–H groups in total. The molecule has 0 bridgehead atoms. The van der Waals surface area contributed by atoms with E-state index in [-0.39, 0.29) is 30.4 Å². The second kappa shape index (κ2) is 8.05. The van der Waals surface area contributed by atoms with Crippen LogP contribution in [0.3, 0.4) is 0 Å². The van der Waals surface area contributed by atoms with Crippen LogP contribution in [-0.4, -0.2) is 50.4 Å². The highest BCUT2D eigenvalue weighted by molar-refractivity contribution is 5.78. The predicted molar refractivity (Wildman–Crippen MR) is 104 cm³/mol. The lowest BCUT2D eigenvalue weighted by Gasteiger charge is -2.18. The van der Waals surface area contributed by atoms with Crippen molar-refractivity contribution in [2.24, 2.45) is 5.92 Å². The summed E-state index contributed by atoms with van der Waals surface area (Å²) >= 11 is 0. The number of alkyl halides is 3. The third-order valence-electron chi connectivity index (χ3n) is 5.06. The minimum Gasteiger partial charge on any atom is -0.434 e. The third kappa shape index (κ3) is 4.45. The van der Waals surface area contributed by atoms with Crippen molar-refractivity contribution < 1.29 is 22.7 Å². The summed E-state index contributed by atoms with van der Waals surface area (Å²) < 4.78 is 43.7. The summed E-state index contributed by atoms with van der Waals surface area (Å²) in [4.78, 5) is 17.0. The Bertz CT molecular complexity index is 1010. The summed E-state index contributed by atoms with van der Waals surface area (Å²) in [5.41, 5.74) is 1.79. The normalized spacial score (nSPS) is 19.4. The van der Waals surface area contributed by atoms with Crippen LogP contribution in [0.15, 0.2) is 22.7 Å². The van der Waals surface area contributed by atoms with Crippen LogP contribution in [0.2, 0.25) is 0 Å². The minimum atomic E-state index is -4.39. The second-order valence-electron chi connectivity index (χ2n) is 7.37. The number of aliphatic hydroxyl groups is 1. The molecule has 3 aromatic rings. The molecule has 0 amide bonds. The number of pyridine rings is 1. The SMILES string of the molecule is Cc1nc(NCC(F)(F)F)nc(N[C@H]2CC[C@@H](CO)C2)c1-c1nc2ncccc2o1. The molecular weight excluding hydrogens is 401 g/mol. The minimum absolute atomic E-state index is 0.0215. The highest BCUT2D eigenvalue weighted by Crippen LogP contribution is 2.35. The van der Waals surface area contributed by atoms with Crippen molar-refractivity contribution in [1.82, 2.24) is 19.9 Å². The standard InChI is InChI=1S/C19H21F3N6O2/c1-10-14(17-27-15-13(30-17)3-2-6-23-15)16(26-12-5-4-11(7-12)8-29)28-18(25-10)24-9-19(20,21)22/h2-3,6,11-12,29H,4-5,7-9H2,1H3,(H2,24,25,26,28)/t11-,12+/m1/s1. The number of nitrogens with one attached hydrogen (secondary N) is 2. The molecule has 30 heavy (non-hydrogen) atoms. The van der Waals surface area contributed by atoms with E-state index in [0.29, 0.717) is 28.3 Å². The van der Waals surface area contributed by atoms with E-state index in [1.165, 1.54) is 0 Å². The monoisotopic (exact) mass is 422 g/mol. The molecular formula is C19H21F3N6O2. The van der Waals surface area contributed by atoms with Gasteiger partial charge in [0.15, 0.2) is 11.2 Å². The maximum absolute atomic E-state index is 12.6. The summed E-state index contributed by atoms with van der Waals surface area (Å²) in [6, 6.07) is 3.47. The number of aromatic nitrogens is 4. The number of halogens is 3. The Labute approximate surface area is 170 Å². The molecule has 1 aliphatic carbocycles. The Morgan fingerprint density at radius 1 is 1.23 bits per heavy atom. The zero-order valence-electron chi connectivity index (χ0n) is 16.2. The fourth-order valence-corrected chi connectivity index (χ4v) is 3.63. The molecule has 1 saturated carbocycles. The summed E-state index contributed by atoms with van der Waals surface area (Å²) in [6.07, 6.45) is -0.392. The number of rotatable bonds is 6. The van der Waals surface area contributed by atoms with Gasteiger partial charge < -0.3 is 20.2 Å². The quantitative estimate of drug-likeness (QED) is 0.554. The number of oxazole rings is 1. The summed E-state index contributed by atoms with van der Waals surface area (Å²) in [5, 5.41) is 14.9. The van der Waals surface area contributed by atoms with Crippen molar-refractivity contribution >= 4 is 23.0 Å². The van der Waals surface area contributed by atoms with Crippen molar-refractivity contribution in [3.05, 3.63) is 24.0 Å². The molecule has 0 aromatic carbocycles. The van der Waals surface area contributed by atoms with Crippen molar-refractivity contribution in [2.45, 2.75) is 38.4 Å². The number of aliphatic hydroxyl groups excluding tert-OH is 1. The van der Waals surface area contributed by atoms with Gasteiger partial charge in [-0.25, -0.2) is 9.97 Å². The molecule has 0 radical (unpaired) electrons. The number of hydrogen-bond acceptors (Lipinski definition) is 8. The zero-order valence-corrected chi connectivity index (χ0v) is 16.2. The Kier molecular flexibility index (Phi) is 5.46. The van der Waals surface area contributed by atoms with Crippen LogP contribution < -0.4 is 10.6 Å². The van der Waals surface area contributed by atoms with Gasteiger partial charge in [0.05, 0.1) is 5.69 Å². The molecule has 4 rings (SSSR count). The largest absolute Gasteiger partial charge is 0.434 e. The smallest absolute Gasteiger partial charge is 0.405 e. The first kappa shape index (κ1) is 20.3. The van der Waals surface area contributed by atoms with E-state index in [1.54, 1.807) is 25.3 Å². The molecule has 8 nitrogen and oxygen atoms in total. The lowest BCUT2D eigenvalue weighted by Crippen LogP contribution is -2.24. The molecule has 160 valence electrons. The number of hydrogen-bond donors (Lipinski definition) is 3. The fourth-order valence-electron chi connectivity index (χ4n) is 3.63. The van der Waals surface area contributed by atoms with Gasteiger partial charge in [-0.05, 0) is 44.2 Å². The molecule has 0 spiro atoms. The first-order chi connectivity index (χ1) is 14.3. The maximum Gasteiger partial charge on any atom is 0.405 e. The molecule has 3 aromatic heterocycles. The number of anilines is 2. The fraction of sp³-hybridized carbons (Fsp3) is 0.474. The Hall–Kier alpha value is -2.95. The summed E-state index contributed by atoms with van der Waals surface area (Å²) in [6.45, 7) is 0.519. The predicted octanol–water partition coefficient (Wildman–Crippen LogP) is 3.54. The van der Waals surface area contributed by atoms with Gasteiger partial charge >= 0.3 is 6.18 Å². The van der Waals surface area contributed by atoms with Gasteiger partial charge in [0, 0.05) is 18.8 Å². The Morgan fingerprint density at radius 3 is 2.77 bits per heavy atom. The number of fused-ring (bicyclic) bond motifs is 1. The van der Waals surface area contributed by atoms with Crippen molar-refractivity contribution in [3.8, 4) is 11.5 Å². The summed E-state index contributed by atoms with van der Waals surface area (Å²) in [5.74, 6) is 0.623. The van der Waals surface area contributed by atoms with E-state index in [0.717, 1.165) is 19.3 Å². The molecule has 0 unspecified atom stereocenters. The van der Waals surface area contributed by atoms with Crippen LogP contribution in [0.5, 0.6) is 0 Å². The average molecular weight is 422 g/mol. The highest BCUT2D eigenvalue weighted by Gasteiger charge is 2.29. The topological polar surface area (TPSA) is 109 Å². The van der Waals surface area contributed by atoms with Crippen molar-refractivity contribution in [2.75, 3.05) is 23.8 Å². The van der Waals surface area contributed by atoms with E-state index in [9.17, 15) is 18.3 Å². The van der Waals surface area contributed by atoms with Crippen LogP contribution >= 0.6 is 0 Å². The first-order valence-corrected chi connectivity index (χ1v) is 9.61. The molecule has 11 heteroatoms. The summed E-state index contributed by atoms with van der Waals surface area (Å²) in [7, 11) is 0. The van der Waals surface area contributed by atoms with Crippen LogP contribution in [-0.2, 0) is 0 Å². The Balaban J connectivity index is 1.71. The maximum atomic E-state index is 12.6. The van der Waals surface area contributed by atoms with Gasteiger partial charge in [-0.1, -0.05) is 0 Å². The highest BCUT2D eigenvalue weighted by atomic mass is 19.4. The lowest BCUT2D eigenvalue weighted by atomic mass is 10.1. The van der Waals surface area contributed by atoms with E-state index in [1.807, 2.05) is 0 Å². The first-order valence-electron chi connectivity index (χ1n) is 9.61. The zero-order chi connectivity index (χ0) is 21.3. The van der Waals surface area contributed by atoms with Gasteiger partial charge in [0.1, 0.15) is 17.9 Å². The van der Waals surface area contributed by atoms with Gasteiger partial charge in [-0.15, -0.1) is 0 Å². The van der Waals surface area contributed by atoms with Gasteiger partial charge in [-0.3, -0.25) is 0 Å². The lowest BCUT2D eigenvalue weighted by molar-refractivity contribution is -0.115. The van der Waals surface area contributed by atoms with Gasteiger partial charge in [0.25, 0.3) is 0 Å². The second-order valence-corrected chi connectivity index (χ2v) is 7.37. The van der Waals surface area contributed by atoms with Crippen molar-refractivity contribution in [3.63, 3.8) is 0 Å². The number of nitrogens with zero attached hydrogens (tertiary/aromatic N) is 4. The van der Waals surface area contributed by atoms with Gasteiger partial charge in [-0.2, -0.15) is 23.1 Å². The van der Waals surface area contributed by atoms with Crippen LogP contribution in [0.4, 0.5) is 24.9 Å². The third-order valence-corrected chi connectivity index (χ3v) is 5.06. The van der Waals surface area contributed by atoms with E-state index < -0.39 is 12.7 Å². The molecule has 1 fully saturated rings. The molecule has 2 atom stereocenters. The van der Waals surface area contributed by atoms with E-state index in [2.05, 4.69) is 30.6 Å². The van der Waals surface area contributed by atoms with Gasteiger partial charge in [0.2, 0.25) is 11.8 Å². The molecule has 0 aliphatic heterocycles. The van der Waals surface area contributed by atoms with E-state index in [4.69, 9.17) is 4.42 Å². The average Bonchev–Trinajstić information content (AvgIpc) is 3.32.